The fourth-order valence-corrected chi connectivity index (χ4v) is 1.50. The second-order valence-corrected chi connectivity index (χ2v) is 3.27. The molecular formula is C5H2BrN3S. The van der Waals surface area contributed by atoms with E-state index in [1.165, 1.54) is 11.3 Å². The standard InChI is InChI=1S/C5H2BrN3S/c6-5-7-1-3-4(9-5)8-2-10-3/h1-2H. The highest BCUT2D eigenvalue weighted by molar-refractivity contribution is 9.10. The van der Waals surface area contributed by atoms with Crippen molar-refractivity contribution in [3.05, 3.63) is 16.4 Å². The number of hydrogen-bond donors (Lipinski definition) is 0. The van der Waals surface area contributed by atoms with E-state index in [-0.39, 0.29) is 0 Å². The third kappa shape index (κ3) is 0.911. The molecule has 0 N–H and O–H groups in total. The minimum absolute atomic E-state index is 0.589. The zero-order valence-corrected chi connectivity index (χ0v) is 7.19. The van der Waals surface area contributed by atoms with Gasteiger partial charge in [-0.2, -0.15) is 0 Å². The van der Waals surface area contributed by atoms with Crippen LogP contribution in [0.3, 0.4) is 0 Å². The van der Waals surface area contributed by atoms with E-state index in [9.17, 15) is 0 Å². The van der Waals surface area contributed by atoms with Crippen LogP contribution in [0.1, 0.15) is 0 Å². The summed E-state index contributed by atoms with van der Waals surface area (Å²) in [5, 5.41) is 0. The van der Waals surface area contributed by atoms with Crippen LogP contribution < -0.4 is 0 Å². The summed E-state index contributed by atoms with van der Waals surface area (Å²) in [6.07, 6.45) is 1.75. The molecule has 2 aromatic heterocycles. The van der Waals surface area contributed by atoms with E-state index in [1.54, 1.807) is 11.7 Å². The van der Waals surface area contributed by atoms with E-state index in [0.717, 1.165) is 10.3 Å². The van der Waals surface area contributed by atoms with Gasteiger partial charge in [-0.25, -0.2) is 15.0 Å². The molecule has 0 unspecified atom stereocenters. The molecule has 0 amide bonds. The molecular weight excluding hydrogens is 214 g/mol. The molecule has 3 nitrogen and oxygen atoms in total. The van der Waals surface area contributed by atoms with Crippen molar-refractivity contribution in [1.82, 2.24) is 15.0 Å². The van der Waals surface area contributed by atoms with Crippen LogP contribution in [0.4, 0.5) is 0 Å². The van der Waals surface area contributed by atoms with Crippen molar-refractivity contribution in [2.75, 3.05) is 0 Å². The fraction of sp³-hybridized carbons (Fsp3) is 0. The summed E-state index contributed by atoms with van der Waals surface area (Å²) in [5.74, 6) is 0. The molecule has 0 aliphatic rings. The Kier molecular flexibility index (Phi) is 1.39. The summed E-state index contributed by atoms with van der Waals surface area (Å²) in [4.78, 5) is 12.0. The van der Waals surface area contributed by atoms with Gasteiger partial charge in [0.1, 0.15) is 0 Å². The molecule has 0 atom stereocenters. The Morgan fingerprint density at radius 3 is 3.20 bits per heavy atom. The molecule has 0 radical (unpaired) electrons. The molecule has 0 saturated heterocycles. The maximum Gasteiger partial charge on any atom is 0.198 e. The number of thiazole rings is 1. The highest BCUT2D eigenvalue weighted by Crippen LogP contribution is 2.15. The molecule has 0 aliphatic carbocycles. The fourth-order valence-electron chi connectivity index (χ4n) is 0.650. The quantitative estimate of drug-likeness (QED) is 0.630. The summed E-state index contributed by atoms with van der Waals surface area (Å²) < 4.78 is 1.61. The topological polar surface area (TPSA) is 38.7 Å². The van der Waals surface area contributed by atoms with Crippen LogP contribution in [-0.4, -0.2) is 15.0 Å². The van der Waals surface area contributed by atoms with Gasteiger partial charge in [-0.15, -0.1) is 11.3 Å². The largest absolute Gasteiger partial charge is 0.229 e. The predicted octanol–water partition coefficient (Wildman–Crippen LogP) is 1.85. The molecule has 10 heavy (non-hydrogen) atoms. The van der Waals surface area contributed by atoms with Crippen molar-refractivity contribution >= 4 is 37.6 Å². The predicted molar refractivity (Wildman–Crippen MR) is 42.9 cm³/mol. The summed E-state index contributed by atoms with van der Waals surface area (Å²) in [5.41, 5.74) is 2.51. The minimum atomic E-state index is 0.589. The molecule has 0 bridgehead atoms. The molecule has 5 heteroatoms. The van der Waals surface area contributed by atoms with Crippen LogP contribution in [-0.2, 0) is 0 Å². The van der Waals surface area contributed by atoms with E-state index in [2.05, 4.69) is 30.9 Å². The van der Waals surface area contributed by atoms with Crippen molar-refractivity contribution < 1.29 is 0 Å². The maximum atomic E-state index is 4.04. The molecule has 0 spiro atoms. The number of nitrogens with zero attached hydrogens (tertiary/aromatic N) is 3. The number of rotatable bonds is 0. The van der Waals surface area contributed by atoms with E-state index in [1.807, 2.05) is 0 Å². The van der Waals surface area contributed by atoms with E-state index in [0.29, 0.717) is 4.73 Å². The first kappa shape index (κ1) is 6.18. The van der Waals surface area contributed by atoms with Gasteiger partial charge in [-0.3, -0.25) is 0 Å². The zero-order chi connectivity index (χ0) is 6.97. The highest BCUT2D eigenvalue weighted by atomic mass is 79.9. The van der Waals surface area contributed by atoms with E-state index >= 15 is 0 Å². The maximum absolute atomic E-state index is 4.04. The van der Waals surface area contributed by atoms with Crippen LogP contribution >= 0.6 is 27.3 Å². The van der Waals surface area contributed by atoms with Gasteiger partial charge in [0.25, 0.3) is 0 Å². The first-order valence-corrected chi connectivity index (χ1v) is 4.25. The monoisotopic (exact) mass is 215 g/mol. The van der Waals surface area contributed by atoms with Gasteiger partial charge in [0.05, 0.1) is 16.4 Å². The highest BCUT2D eigenvalue weighted by Gasteiger charge is 1.97. The third-order valence-electron chi connectivity index (χ3n) is 1.06. The molecule has 0 saturated carbocycles. The lowest BCUT2D eigenvalue weighted by Crippen LogP contribution is -1.80. The van der Waals surface area contributed by atoms with Crippen molar-refractivity contribution in [3.63, 3.8) is 0 Å². The molecule has 50 valence electrons. The zero-order valence-electron chi connectivity index (χ0n) is 4.78. The minimum Gasteiger partial charge on any atom is -0.229 e. The normalized spacial score (nSPS) is 10.5. The molecule has 2 rings (SSSR count). The third-order valence-corrected chi connectivity index (χ3v) is 2.20. The van der Waals surface area contributed by atoms with Crippen molar-refractivity contribution in [1.29, 1.82) is 0 Å². The first-order chi connectivity index (χ1) is 4.86. The van der Waals surface area contributed by atoms with Gasteiger partial charge in [-0.05, 0) is 15.9 Å². The van der Waals surface area contributed by atoms with Gasteiger partial charge < -0.3 is 0 Å². The average Bonchev–Trinajstić information content (AvgIpc) is 2.33. The van der Waals surface area contributed by atoms with Crippen LogP contribution in [0.5, 0.6) is 0 Å². The van der Waals surface area contributed by atoms with E-state index in [4.69, 9.17) is 0 Å². The van der Waals surface area contributed by atoms with E-state index < -0.39 is 0 Å². The van der Waals surface area contributed by atoms with Crippen LogP contribution in [0.2, 0.25) is 0 Å². The molecule has 0 aromatic carbocycles. The second kappa shape index (κ2) is 2.25. The summed E-state index contributed by atoms with van der Waals surface area (Å²) in [6, 6.07) is 0. The SMILES string of the molecule is Brc1ncc2scnc2n1. The Morgan fingerprint density at radius 1 is 1.40 bits per heavy atom. The summed E-state index contributed by atoms with van der Waals surface area (Å²) in [7, 11) is 0. The summed E-state index contributed by atoms with van der Waals surface area (Å²) in [6.45, 7) is 0. The molecule has 2 aromatic rings. The Bertz CT molecular complexity index is 358. The van der Waals surface area contributed by atoms with Crippen molar-refractivity contribution in [2.24, 2.45) is 0 Å². The molecule has 0 aliphatic heterocycles. The lowest BCUT2D eigenvalue weighted by atomic mass is 10.6. The number of hydrogen-bond acceptors (Lipinski definition) is 4. The second-order valence-electron chi connectivity index (χ2n) is 1.68. The number of halogens is 1. The smallest absolute Gasteiger partial charge is 0.198 e. The number of aromatic nitrogens is 3. The Balaban J connectivity index is 2.86. The van der Waals surface area contributed by atoms with Crippen LogP contribution in [0, 0.1) is 0 Å². The average molecular weight is 216 g/mol. The van der Waals surface area contributed by atoms with Crippen molar-refractivity contribution in [2.45, 2.75) is 0 Å². The van der Waals surface area contributed by atoms with Gasteiger partial charge in [-0.1, -0.05) is 0 Å². The van der Waals surface area contributed by atoms with Gasteiger partial charge in [0.15, 0.2) is 10.4 Å². The molecule has 0 fully saturated rings. The van der Waals surface area contributed by atoms with Crippen LogP contribution in [0.25, 0.3) is 10.3 Å². The summed E-state index contributed by atoms with van der Waals surface area (Å²) >= 11 is 4.70. The van der Waals surface area contributed by atoms with Gasteiger partial charge in [0.2, 0.25) is 0 Å². The molecule has 2 heterocycles. The Labute approximate surface area is 69.3 Å². The number of fused-ring (bicyclic) bond motifs is 1. The lowest BCUT2D eigenvalue weighted by Gasteiger charge is -1.85. The lowest BCUT2D eigenvalue weighted by molar-refractivity contribution is 1.14. The first-order valence-electron chi connectivity index (χ1n) is 2.58. The van der Waals surface area contributed by atoms with Crippen LogP contribution in [0.15, 0.2) is 16.4 Å². The van der Waals surface area contributed by atoms with Gasteiger partial charge >= 0.3 is 0 Å². The Hall–Kier alpha value is -0.550. The van der Waals surface area contributed by atoms with Gasteiger partial charge in [0, 0.05) is 0 Å². The van der Waals surface area contributed by atoms with Crippen molar-refractivity contribution in [3.8, 4) is 0 Å². The Morgan fingerprint density at radius 2 is 2.30 bits per heavy atom.